The third-order valence-corrected chi connectivity index (χ3v) is 3.25. The largest absolute Gasteiger partial charge is 0.497 e. The predicted octanol–water partition coefficient (Wildman–Crippen LogP) is 3.39. The summed E-state index contributed by atoms with van der Waals surface area (Å²) in [6, 6.07) is 12.9. The van der Waals surface area contributed by atoms with E-state index >= 15 is 0 Å². The van der Waals surface area contributed by atoms with Crippen molar-refractivity contribution in [2.75, 3.05) is 20.7 Å². The number of unbranched alkanes of at least 4 members (excludes halogenated alkanes) is 1. The third-order valence-electron chi connectivity index (χ3n) is 3.25. The lowest BCUT2D eigenvalue weighted by Gasteiger charge is -2.06. The first-order valence-electron chi connectivity index (χ1n) is 6.55. The quantitative estimate of drug-likeness (QED) is 0.785. The van der Waals surface area contributed by atoms with Gasteiger partial charge in [0.1, 0.15) is 5.75 Å². The molecule has 2 aromatic rings. The Morgan fingerprint density at radius 2 is 1.78 bits per heavy atom. The molecule has 2 aromatic carbocycles. The van der Waals surface area contributed by atoms with Crippen molar-refractivity contribution in [3.8, 4) is 5.75 Å². The van der Waals surface area contributed by atoms with Crippen LogP contribution in [0.2, 0.25) is 0 Å². The van der Waals surface area contributed by atoms with Crippen LogP contribution in [0.15, 0.2) is 36.4 Å². The summed E-state index contributed by atoms with van der Waals surface area (Å²) in [5.74, 6) is 0.921. The van der Waals surface area contributed by atoms with Crippen LogP contribution in [0.4, 0.5) is 0 Å². The van der Waals surface area contributed by atoms with E-state index in [4.69, 9.17) is 4.74 Å². The minimum absolute atomic E-state index is 0.921. The standard InChI is InChI=1S/C16H21NO/c1-17-10-4-3-5-13-6-7-15-12-16(18-2)9-8-14(15)11-13/h6-9,11-12,17H,3-5,10H2,1-2H3. The highest BCUT2D eigenvalue weighted by molar-refractivity contribution is 5.84. The molecule has 0 radical (unpaired) electrons. The second-order valence-corrected chi connectivity index (χ2v) is 4.61. The van der Waals surface area contributed by atoms with E-state index in [0.717, 1.165) is 18.7 Å². The second kappa shape index (κ2) is 6.41. The fourth-order valence-corrected chi connectivity index (χ4v) is 2.19. The number of nitrogens with one attached hydrogen (secondary N) is 1. The van der Waals surface area contributed by atoms with Gasteiger partial charge in [0.25, 0.3) is 0 Å². The molecule has 96 valence electrons. The molecule has 1 N–H and O–H groups in total. The Labute approximate surface area is 109 Å². The van der Waals surface area contributed by atoms with Crippen molar-refractivity contribution >= 4 is 10.8 Å². The second-order valence-electron chi connectivity index (χ2n) is 4.61. The number of ether oxygens (including phenoxy) is 1. The number of aryl methyl sites for hydroxylation is 1. The highest BCUT2D eigenvalue weighted by atomic mass is 16.5. The van der Waals surface area contributed by atoms with Crippen molar-refractivity contribution in [3.63, 3.8) is 0 Å². The summed E-state index contributed by atoms with van der Waals surface area (Å²) >= 11 is 0. The lowest BCUT2D eigenvalue weighted by atomic mass is 10.0. The van der Waals surface area contributed by atoms with Crippen LogP contribution in [-0.4, -0.2) is 20.7 Å². The minimum atomic E-state index is 0.921. The average Bonchev–Trinajstić information content (AvgIpc) is 2.43. The zero-order chi connectivity index (χ0) is 12.8. The zero-order valence-corrected chi connectivity index (χ0v) is 11.2. The van der Waals surface area contributed by atoms with E-state index < -0.39 is 0 Å². The first-order chi connectivity index (χ1) is 8.83. The summed E-state index contributed by atoms with van der Waals surface area (Å²) in [4.78, 5) is 0. The van der Waals surface area contributed by atoms with Crippen molar-refractivity contribution in [1.82, 2.24) is 5.32 Å². The fourth-order valence-electron chi connectivity index (χ4n) is 2.19. The number of hydrogen-bond donors (Lipinski definition) is 1. The van der Waals surface area contributed by atoms with Crippen LogP contribution in [0.25, 0.3) is 10.8 Å². The summed E-state index contributed by atoms with van der Waals surface area (Å²) in [6.45, 7) is 1.10. The summed E-state index contributed by atoms with van der Waals surface area (Å²) in [6.07, 6.45) is 3.63. The molecule has 0 saturated heterocycles. The van der Waals surface area contributed by atoms with E-state index in [0.29, 0.717) is 0 Å². The maximum atomic E-state index is 5.24. The fraction of sp³-hybridized carbons (Fsp3) is 0.375. The van der Waals surface area contributed by atoms with Crippen molar-refractivity contribution < 1.29 is 4.74 Å². The van der Waals surface area contributed by atoms with Crippen LogP contribution in [0, 0.1) is 0 Å². The lowest BCUT2D eigenvalue weighted by molar-refractivity contribution is 0.415. The van der Waals surface area contributed by atoms with Crippen molar-refractivity contribution in [2.24, 2.45) is 0 Å². The van der Waals surface area contributed by atoms with E-state index in [1.807, 2.05) is 13.1 Å². The molecule has 0 saturated carbocycles. The van der Waals surface area contributed by atoms with Gasteiger partial charge in [0, 0.05) is 0 Å². The Morgan fingerprint density at radius 1 is 1.00 bits per heavy atom. The Kier molecular flexibility index (Phi) is 4.59. The van der Waals surface area contributed by atoms with Gasteiger partial charge in [-0.2, -0.15) is 0 Å². The molecular formula is C16H21NO. The van der Waals surface area contributed by atoms with Crippen LogP contribution in [0.5, 0.6) is 5.75 Å². The van der Waals surface area contributed by atoms with Crippen LogP contribution >= 0.6 is 0 Å². The number of hydrogen-bond acceptors (Lipinski definition) is 2. The maximum Gasteiger partial charge on any atom is 0.119 e. The van der Waals surface area contributed by atoms with E-state index in [1.54, 1.807) is 7.11 Å². The van der Waals surface area contributed by atoms with E-state index in [1.165, 1.54) is 29.2 Å². The van der Waals surface area contributed by atoms with E-state index in [-0.39, 0.29) is 0 Å². The smallest absolute Gasteiger partial charge is 0.119 e. The molecular weight excluding hydrogens is 222 g/mol. The molecule has 0 aromatic heterocycles. The number of rotatable bonds is 6. The number of fused-ring (bicyclic) bond motifs is 1. The Bertz CT molecular complexity index is 507. The molecule has 2 heteroatoms. The van der Waals surface area contributed by atoms with Crippen LogP contribution in [0.3, 0.4) is 0 Å². The van der Waals surface area contributed by atoms with Gasteiger partial charge in [-0.15, -0.1) is 0 Å². The summed E-state index contributed by atoms with van der Waals surface area (Å²) in [5.41, 5.74) is 1.42. The first-order valence-corrected chi connectivity index (χ1v) is 6.55. The molecule has 0 heterocycles. The summed E-state index contributed by atoms with van der Waals surface area (Å²) in [7, 11) is 3.71. The zero-order valence-electron chi connectivity index (χ0n) is 11.2. The van der Waals surface area contributed by atoms with Gasteiger partial charge in [-0.3, -0.25) is 0 Å². The van der Waals surface area contributed by atoms with Crippen molar-refractivity contribution in [1.29, 1.82) is 0 Å². The molecule has 0 aliphatic heterocycles. The molecule has 0 unspecified atom stereocenters. The molecule has 0 fully saturated rings. The number of benzene rings is 2. The topological polar surface area (TPSA) is 21.3 Å². The van der Waals surface area contributed by atoms with Crippen LogP contribution in [0.1, 0.15) is 18.4 Å². The van der Waals surface area contributed by atoms with Crippen LogP contribution in [-0.2, 0) is 6.42 Å². The average molecular weight is 243 g/mol. The van der Waals surface area contributed by atoms with Crippen molar-refractivity contribution in [2.45, 2.75) is 19.3 Å². The summed E-state index contributed by atoms with van der Waals surface area (Å²) in [5, 5.41) is 5.72. The Balaban J connectivity index is 2.08. The van der Waals surface area contributed by atoms with Gasteiger partial charge in [-0.05, 0) is 61.3 Å². The lowest BCUT2D eigenvalue weighted by Crippen LogP contribution is -2.07. The van der Waals surface area contributed by atoms with Crippen LogP contribution < -0.4 is 10.1 Å². The predicted molar refractivity (Wildman–Crippen MR) is 77.4 cm³/mol. The minimum Gasteiger partial charge on any atom is -0.497 e. The van der Waals surface area contributed by atoms with E-state index in [2.05, 4.69) is 35.6 Å². The van der Waals surface area contributed by atoms with E-state index in [9.17, 15) is 0 Å². The molecule has 0 spiro atoms. The SMILES string of the molecule is CNCCCCc1ccc2cc(OC)ccc2c1. The van der Waals surface area contributed by atoms with Gasteiger partial charge in [-0.25, -0.2) is 0 Å². The molecule has 0 bridgehead atoms. The van der Waals surface area contributed by atoms with Gasteiger partial charge in [0.05, 0.1) is 7.11 Å². The van der Waals surface area contributed by atoms with Gasteiger partial charge in [0.15, 0.2) is 0 Å². The summed E-state index contributed by atoms with van der Waals surface area (Å²) < 4.78 is 5.24. The van der Waals surface area contributed by atoms with Crippen molar-refractivity contribution in [3.05, 3.63) is 42.0 Å². The monoisotopic (exact) mass is 243 g/mol. The van der Waals surface area contributed by atoms with Gasteiger partial charge in [-0.1, -0.05) is 24.3 Å². The molecule has 2 rings (SSSR count). The first kappa shape index (κ1) is 12.9. The normalized spacial score (nSPS) is 10.8. The molecule has 0 atom stereocenters. The molecule has 0 aliphatic carbocycles. The highest BCUT2D eigenvalue weighted by Crippen LogP contribution is 2.22. The van der Waals surface area contributed by atoms with Gasteiger partial charge in [0.2, 0.25) is 0 Å². The third kappa shape index (κ3) is 3.23. The number of methoxy groups -OCH3 is 1. The molecule has 0 aliphatic rings. The molecule has 0 amide bonds. The van der Waals surface area contributed by atoms with Gasteiger partial charge < -0.3 is 10.1 Å². The Hall–Kier alpha value is -1.54. The van der Waals surface area contributed by atoms with Gasteiger partial charge >= 0.3 is 0 Å². The maximum absolute atomic E-state index is 5.24. The Morgan fingerprint density at radius 3 is 2.56 bits per heavy atom. The molecule has 2 nitrogen and oxygen atoms in total. The highest BCUT2D eigenvalue weighted by Gasteiger charge is 1.99. The molecule has 18 heavy (non-hydrogen) atoms.